The summed E-state index contributed by atoms with van der Waals surface area (Å²) in [5, 5.41) is 54.3. The van der Waals surface area contributed by atoms with E-state index >= 15 is 0 Å². The number of aliphatic hydroxyl groups excluding tert-OH is 5. The maximum atomic E-state index is 13.0. The highest BCUT2D eigenvalue weighted by atomic mass is 16.7. The summed E-state index contributed by atoms with van der Waals surface area (Å²) in [5.41, 5.74) is 0. The van der Waals surface area contributed by atoms with E-state index in [-0.39, 0.29) is 12.5 Å². The number of unbranched alkanes of at least 4 members (excludes halogenated alkanes) is 21. The first kappa shape index (κ1) is 65.9. The number of nitrogens with one attached hydrogen (secondary N) is 1. The zero-order valence-corrected chi connectivity index (χ0v) is 44.9. The van der Waals surface area contributed by atoms with E-state index in [1.807, 2.05) is 6.08 Å². The van der Waals surface area contributed by atoms with Gasteiger partial charge in [0.1, 0.15) is 24.4 Å². The van der Waals surface area contributed by atoms with Gasteiger partial charge in [0.15, 0.2) is 6.29 Å². The lowest BCUT2D eigenvalue weighted by Crippen LogP contribution is -2.60. The van der Waals surface area contributed by atoms with Gasteiger partial charge in [0.2, 0.25) is 5.91 Å². The third-order valence-corrected chi connectivity index (χ3v) is 12.8. The topological polar surface area (TPSA) is 149 Å². The predicted octanol–water partition coefficient (Wildman–Crippen LogP) is 14.2. The summed E-state index contributed by atoms with van der Waals surface area (Å²) in [4.78, 5) is 13.0. The van der Waals surface area contributed by atoms with E-state index in [2.05, 4.69) is 116 Å². The van der Waals surface area contributed by atoms with Crippen molar-refractivity contribution < 1.29 is 39.8 Å². The van der Waals surface area contributed by atoms with Crippen LogP contribution in [-0.2, 0) is 14.3 Å². The van der Waals surface area contributed by atoms with Crippen molar-refractivity contribution in [2.45, 2.75) is 262 Å². The van der Waals surface area contributed by atoms with Gasteiger partial charge in [-0.25, -0.2) is 0 Å². The van der Waals surface area contributed by atoms with Crippen LogP contribution in [0.25, 0.3) is 0 Å². The number of hydrogen-bond donors (Lipinski definition) is 6. The Morgan fingerprint density at radius 1 is 0.493 bits per heavy atom. The summed E-state index contributed by atoms with van der Waals surface area (Å²) >= 11 is 0. The van der Waals surface area contributed by atoms with Crippen LogP contribution in [0.15, 0.2) is 109 Å². The second kappa shape index (κ2) is 50.4. The molecule has 0 saturated carbocycles. The zero-order valence-electron chi connectivity index (χ0n) is 44.9. The lowest BCUT2D eigenvalue weighted by atomic mass is 9.99. The molecule has 0 aromatic carbocycles. The smallest absolute Gasteiger partial charge is 0.220 e. The molecule has 9 nitrogen and oxygen atoms in total. The average molecular weight is 993 g/mol. The van der Waals surface area contributed by atoms with Crippen LogP contribution in [0, 0.1) is 0 Å². The molecule has 0 spiro atoms. The molecule has 1 fully saturated rings. The van der Waals surface area contributed by atoms with Crippen molar-refractivity contribution in [2.24, 2.45) is 0 Å². The molecule has 0 bridgehead atoms. The summed E-state index contributed by atoms with van der Waals surface area (Å²) in [6.45, 7) is 3.61. The molecule has 71 heavy (non-hydrogen) atoms. The molecule has 406 valence electrons. The van der Waals surface area contributed by atoms with Gasteiger partial charge in [0, 0.05) is 6.42 Å². The molecule has 6 N–H and O–H groups in total. The van der Waals surface area contributed by atoms with Crippen LogP contribution in [-0.4, -0.2) is 87.5 Å². The Bertz CT molecular complexity index is 1480. The minimum atomic E-state index is -1.57. The number of aliphatic hydroxyl groups is 5. The summed E-state index contributed by atoms with van der Waals surface area (Å²) in [6.07, 6.45) is 67.4. The number of hydrogen-bond acceptors (Lipinski definition) is 8. The largest absolute Gasteiger partial charge is 0.394 e. The number of rotatable bonds is 47. The summed E-state index contributed by atoms with van der Waals surface area (Å²) in [5.74, 6) is -0.192. The third kappa shape index (κ3) is 40.0. The SMILES string of the molecule is CC/C=C\C/C=C\C/C=C\C/C=C\C/C=C\C/C=C\C/C=C\CCCCCCCCCCCCCCCCCC(=O)NC(COC1OC(CO)C(O)C(O)C1O)C(O)/C=C/CC/C=C/CCCCCCC. The van der Waals surface area contributed by atoms with Crippen molar-refractivity contribution in [3.05, 3.63) is 109 Å². The van der Waals surface area contributed by atoms with Crippen LogP contribution in [0.3, 0.4) is 0 Å². The van der Waals surface area contributed by atoms with Gasteiger partial charge in [-0.15, -0.1) is 0 Å². The van der Waals surface area contributed by atoms with Gasteiger partial charge in [-0.05, 0) is 89.9 Å². The maximum Gasteiger partial charge on any atom is 0.220 e. The molecular weight excluding hydrogens is 887 g/mol. The van der Waals surface area contributed by atoms with E-state index in [4.69, 9.17) is 9.47 Å². The van der Waals surface area contributed by atoms with Crippen molar-refractivity contribution in [1.82, 2.24) is 5.32 Å². The van der Waals surface area contributed by atoms with Gasteiger partial charge in [0.25, 0.3) is 0 Å². The molecule has 1 aliphatic heterocycles. The standard InChI is InChI=1S/C62H105NO8/c1-3-5-7-9-11-13-15-16-17-18-19-20-21-22-23-24-25-26-27-28-29-30-31-32-33-34-35-36-37-38-39-40-42-44-46-48-50-52-58(66)63-55(54-70-62-61(69)60(68)59(67)57(53-64)71-62)56(65)51-49-47-45-43-41-14-12-10-8-6-4-2/h5,7,11,13,16-17,19-20,22-23,25-26,28-29,41,43,49,51,55-57,59-62,64-65,67-69H,3-4,6,8-10,12,14-15,18,21,24,27,30-40,42,44-48,50,52-54H2,1-2H3,(H,63,66)/b7-5-,13-11-,17-16-,20-19-,23-22-,26-25-,29-28-,43-41+,51-49+. The fourth-order valence-electron chi connectivity index (χ4n) is 8.33. The van der Waals surface area contributed by atoms with Gasteiger partial charge >= 0.3 is 0 Å². The van der Waals surface area contributed by atoms with E-state index in [0.29, 0.717) is 6.42 Å². The molecule has 9 heteroatoms. The fourth-order valence-corrected chi connectivity index (χ4v) is 8.33. The Hall–Kier alpha value is -3.15. The highest BCUT2D eigenvalue weighted by Gasteiger charge is 2.44. The number of ether oxygens (including phenoxy) is 2. The van der Waals surface area contributed by atoms with Crippen LogP contribution >= 0.6 is 0 Å². The van der Waals surface area contributed by atoms with Crippen molar-refractivity contribution in [1.29, 1.82) is 0 Å². The van der Waals surface area contributed by atoms with Crippen LogP contribution in [0.1, 0.15) is 219 Å². The third-order valence-electron chi connectivity index (χ3n) is 12.8. The quantitative estimate of drug-likeness (QED) is 0.0261. The molecule has 7 atom stereocenters. The lowest BCUT2D eigenvalue weighted by Gasteiger charge is -2.40. The van der Waals surface area contributed by atoms with Gasteiger partial charge in [-0.1, -0.05) is 232 Å². The van der Waals surface area contributed by atoms with Crippen LogP contribution in [0.2, 0.25) is 0 Å². The van der Waals surface area contributed by atoms with Crippen LogP contribution < -0.4 is 5.32 Å². The summed E-state index contributed by atoms with van der Waals surface area (Å²) in [7, 11) is 0. The Morgan fingerprint density at radius 2 is 0.887 bits per heavy atom. The maximum absolute atomic E-state index is 13.0. The zero-order chi connectivity index (χ0) is 51.5. The van der Waals surface area contributed by atoms with Gasteiger partial charge in [-0.2, -0.15) is 0 Å². The fraction of sp³-hybridized carbons (Fsp3) is 0.694. The molecule has 1 amide bonds. The predicted molar refractivity (Wildman–Crippen MR) is 299 cm³/mol. The van der Waals surface area contributed by atoms with E-state index in [9.17, 15) is 30.3 Å². The molecular formula is C62H105NO8. The number of carbonyl (C=O) groups is 1. The molecule has 1 aliphatic rings. The average Bonchev–Trinajstić information content (AvgIpc) is 3.37. The lowest BCUT2D eigenvalue weighted by molar-refractivity contribution is -0.302. The minimum Gasteiger partial charge on any atom is -0.394 e. The second-order valence-electron chi connectivity index (χ2n) is 19.3. The summed E-state index contributed by atoms with van der Waals surface area (Å²) < 4.78 is 11.2. The number of amides is 1. The van der Waals surface area contributed by atoms with E-state index in [1.54, 1.807) is 6.08 Å². The van der Waals surface area contributed by atoms with E-state index in [0.717, 1.165) is 83.5 Å². The van der Waals surface area contributed by atoms with E-state index in [1.165, 1.54) is 116 Å². The second-order valence-corrected chi connectivity index (χ2v) is 19.3. The molecule has 0 radical (unpaired) electrons. The first-order valence-corrected chi connectivity index (χ1v) is 28.6. The normalized spacial score (nSPS) is 20.1. The molecule has 1 saturated heterocycles. The highest BCUT2D eigenvalue weighted by molar-refractivity contribution is 5.76. The Labute approximate surface area is 434 Å². The number of allylic oxidation sites excluding steroid dienone is 17. The van der Waals surface area contributed by atoms with Crippen LogP contribution in [0.4, 0.5) is 0 Å². The molecule has 0 aromatic heterocycles. The van der Waals surface area contributed by atoms with Crippen molar-refractivity contribution >= 4 is 5.91 Å². The minimum absolute atomic E-state index is 0.192. The van der Waals surface area contributed by atoms with Crippen molar-refractivity contribution in [2.75, 3.05) is 13.2 Å². The first-order chi connectivity index (χ1) is 34.8. The molecule has 7 unspecified atom stereocenters. The number of carbonyl (C=O) groups excluding carboxylic acids is 1. The van der Waals surface area contributed by atoms with Crippen molar-refractivity contribution in [3.63, 3.8) is 0 Å². The van der Waals surface area contributed by atoms with Gasteiger partial charge in [0.05, 0.1) is 25.4 Å². The highest BCUT2D eigenvalue weighted by Crippen LogP contribution is 2.23. The molecule has 1 heterocycles. The molecule has 0 aliphatic carbocycles. The molecule has 1 rings (SSSR count). The van der Waals surface area contributed by atoms with E-state index < -0.39 is 49.5 Å². The van der Waals surface area contributed by atoms with Crippen LogP contribution in [0.5, 0.6) is 0 Å². The monoisotopic (exact) mass is 992 g/mol. The first-order valence-electron chi connectivity index (χ1n) is 28.6. The Morgan fingerprint density at radius 3 is 1.35 bits per heavy atom. The van der Waals surface area contributed by atoms with Gasteiger partial charge < -0.3 is 40.3 Å². The Kier molecular flexibility index (Phi) is 46.7. The Balaban J connectivity index is 2.11. The van der Waals surface area contributed by atoms with Gasteiger partial charge in [-0.3, -0.25) is 4.79 Å². The summed E-state index contributed by atoms with van der Waals surface area (Å²) in [6, 6.07) is -0.826. The van der Waals surface area contributed by atoms with Crippen molar-refractivity contribution in [3.8, 4) is 0 Å². The molecule has 0 aromatic rings.